The molecule has 2 aromatic rings. The van der Waals surface area contributed by atoms with E-state index in [1.165, 1.54) is 0 Å². The normalized spacial score (nSPS) is 25.1. The summed E-state index contributed by atoms with van der Waals surface area (Å²) < 4.78 is -1.22. The second-order valence-electron chi connectivity index (χ2n) is 15.4. The number of nitrogens with zero attached hydrogens (tertiary/aromatic N) is 2. The van der Waals surface area contributed by atoms with Gasteiger partial charge in [0.2, 0.25) is 0 Å². The quantitative estimate of drug-likeness (QED) is 0.177. The number of anilines is 2. The molecular formula is C39H60N4O4. The number of nitrogens with one attached hydrogen (secondary N) is 2. The van der Waals surface area contributed by atoms with E-state index < -0.39 is 21.4 Å². The smallest absolute Gasteiger partial charge is 0.283 e. The number of amides is 2. The first-order valence-electron chi connectivity index (χ1n) is 18.2. The highest BCUT2D eigenvalue weighted by Crippen LogP contribution is 2.36. The Kier molecular flexibility index (Phi) is 12.3. The van der Waals surface area contributed by atoms with Gasteiger partial charge in [0.25, 0.3) is 11.8 Å². The first-order chi connectivity index (χ1) is 22.2. The first kappa shape index (κ1) is 37.0. The van der Waals surface area contributed by atoms with Gasteiger partial charge in [0.05, 0.1) is 26.2 Å². The molecule has 0 aromatic heterocycles. The fraction of sp³-hybridized carbons (Fsp3) is 0.641. The maximum absolute atomic E-state index is 14.4. The van der Waals surface area contributed by atoms with Crippen LogP contribution >= 0.6 is 0 Å². The summed E-state index contributed by atoms with van der Waals surface area (Å²) in [6, 6.07) is 10.9. The van der Waals surface area contributed by atoms with Crippen LogP contribution in [0.4, 0.5) is 11.4 Å². The van der Waals surface area contributed by atoms with Crippen molar-refractivity contribution in [1.29, 1.82) is 0 Å². The van der Waals surface area contributed by atoms with Crippen LogP contribution in [0.3, 0.4) is 0 Å². The molecule has 0 radical (unpaired) electrons. The monoisotopic (exact) mass is 648 g/mol. The zero-order valence-electron chi connectivity index (χ0n) is 30.2. The van der Waals surface area contributed by atoms with Crippen LogP contribution < -0.4 is 10.6 Å². The van der Waals surface area contributed by atoms with Crippen molar-refractivity contribution in [1.82, 2.24) is 0 Å². The summed E-state index contributed by atoms with van der Waals surface area (Å²) in [5.74, 6) is 0.462. The third-order valence-corrected chi connectivity index (χ3v) is 10.6. The molecule has 2 unspecified atom stereocenters. The zero-order chi connectivity index (χ0) is 34.5. The molecule has 2 amide bonds. The molecule has 8 nitrogen and oxygen atoms in total. The van der Waals surface area contributed by atoms with Gasteiger partial charge in [0.15, 0.2) is 12.1 Å². The molecule has 260 valence electrons. The molecule has 47 heavy (non-hydrogen) atoms. The molecule has 2 aromatic carbocycles. The number of likely N-dealkylation sites (tertiary alicyclic amines) is 2. The van der Waals surface area contributed by atoms with Crippen LogP contribution in [0.1, 0.15) is 146 Å². The van der Waals surface area contributed by atoms with E-state index in [0.29, 0.717) is 32.4 Å². The predicted molar refractivity (Wildman–Crippen MR) is 193 cm³/mol. The van der Waals surface area contributed by atoms with E-state index in [9.17, 15) is 20.0 Å². The molecule has 2 fully saturated rings. The Bertz CT molecular complexity index is 1230. The Morgan fingerprint density at radius 2 is 0.936 bits per heavy atom. The molecule has 4 rings (SSSR count). The van der Waals surface area contributed by atoms with Crippen molar-refractivity contribution >= 4 is 23.2 Å². The number of benzene rings is 2. The number of hydrogen-bond donors (Lipinski definition) is 2. The lowest BCUT2D eigenvalue weighted by atomic mass is 9.92. The number of carbonyl (C=O) groups excluding carboxylic acids is 2. The summed E-state index contributed by atoms with van der Waals surface area (Å²) in [6.45, 7) is 18.1. The first-order valence-corrected chi connectivity index (χ1v) is 18.2. The molecule has 0 saturated carbocycles. The second-order valence-corrected chi connectivity index (χ2v) is 15.4. The summed E-state index contributed by atoms with van der Waals surface area (Å²) in [5.41, 5.74) is 5.98. The van der Waals surface area contributed by atoms with Gasteiger partial charge in [-0.05, 0) is 71.6 Å². The van der Waals surface area contributed by atoms with E-state index in [1.54, 1.807) is 0 Å². The topological polar surface area (TPSA) is 104 Å². The standard InChI is InChI=1S/C39H60N4O4/c1-26(2)30-16-13-17-31(27(3)4)36(30)40-38(44)34-20-9-11-22-42(34,46)24-15-25-43(47)23-12-10-21-35(43)39(45)41-37-32(28(5)6)18-14-19-33(37)29(7)8/h13-14,16-19,26-29,34-35H,9-12,15,20-25H2,1-8H3,(H,40,44)(H,41,45)/t34-,35-,42?,43?/m0/s1. The van der Waals surface area contributed by atoms with E-state index in [0.717, 1.165) is 59.3 Å². The van der Waals surface area contributed by atoms with Gasteiger partial charge in [-0.3, -0.25) is 9.59 Å². The number of piperidine rings is 2. The maximum Gasteiger partial charge on any atom is 0.283 e. The molecule has 2 aliphatic heterocycles. The fourth-order valence-corrected chi connectivity index (χ4v) is 7.85. The van der Waals surface area contributed by atoms with Gasteiger partial charge >= 0.3 is 0 Å². The molecule has 0 bridgehead atoms. The van der Waals surface area contributed by atoms with Crippen LogP contribution in [0.25, 0.3) is 0 Å². The minimum Gasteiger partial charge on any atom is -0.632 e. The molecule has 2 aliphatic rings. The van der Waals surface area contributed by atoms with Crippen LogP contribution in [0.2, 0.25) is 0 Å². The lowest BCUT2D eigenvalue weighted by Crippen LogP contribution is -2.61. The molecule has 2 N–H and O–H groups in total. The van der Waals surface area contributed by atoms with Gasteiger partial charge in [-0.1, -0.05) is 91.8 Å². The molecule has 2 saturated heterocycles. The summed E-state index contributed by atoms with van der Waals surface area (Å²) in [5, 5.41) is 35.3. The van der Waals surface area contributed by atoms with Gasteiger partial charge in [-0.25, -0.2) is 0 Å². The number of para-hydroxylation sites is 2. The average molecular weight is 649 g/mol. The zero-order valence-corrected chi connectivity index (χ0v) is 30.2. The summed E-state index contributed by atoms with van der Waals surface area (Å²) >= 11 is 0. The van der Waals surface area contributed by atoms with Crippen LogP contribution in [0.15, 0.2) is 36.4 Å². The number of rotatable bonds is 12. The molecule has 2 heterocycles. The van der Waals surface area contributed by atoms with Crippen molar-refractivity contribution in [2.45, 2.75) is 136 Å². The fourth-order valence-electron chi connectivity index (χ4n) is 7.85. The van der Waals surface area contributed by atoms with Crippen molar-refractivity contribution < 1.29 is 18.9 Å². The molecular weight excluding hydrogens is 588 g/mol. The lowest BCUT2D eigenvalue weighted by molar-refractivity contribution is -0.919. The predicted octanol–water partition coefficient (Wildman–Crippen LogP) is 8.88. The molecule has 4 atom stereocenters. The summed E-state index contributed by atoms with van der Waals surface area (Å²) in [7, 11) is 0. The molecule has 0 spiro atoms. The lowest BCUT2D eigenvalue weighted by Gasteiger charge is -2.53. The maximum atomic E-state index is 14.4. The number of quaternary nitrogens is 2. The van der Waals surface area contributed by atoms with E-state index >= 15 is 0 Å². The van der Waals surface area contributed by atoms with Crippen molar-refractivity contribution in [2.24, 2.45) is 0 Å². The van der Waals surface area contributed by atoms with Crippen molar-refractivity contribution in [3.8, 4) is 0 Å². The Labute approximate surface area is 283 Å². The van der Waals surface area contributed by atoms with Crippen LogP contribution in [0.5, 0.6) is 0 Å². The Balaban J connectivity index is 1.49. The largest absolute Gasteiger partial charge is 0.632 e. The highest BCUT2D eigenvalue weighted by atomic mass is 16.6. The van der Waals surface area contributed by atoms with Crippen LogP contribution in [-0.4, -0.2) is 59.4 Å². The van der Waals surface area contributed by atoms with E-state index in [2.05, 4.69) is 90.3 Å². The van der Waals surface area contributed by atoms with Crippen molar-refractivity contribution in [3.05, 3.63) is 69.1 Å². The summed E-state index contributed by atoms with van der Waals surface area (Å²) in [6.07, 6.45) is 4.65. The van der Waals surface area contributed by atoms with Gasteiger partial charge < -0.3 is 30.3 Å². The third kappa shape index (κ3) is 8.45. The molecule has 0 aliphatic carbocycles. The second kappa shape index (κ2) is 15.6. The van der Waals surface area contributed by atoms with Gasteiger partial charge in [0, 0.05) is 30.6 Å². The van der Waals surface area contributed by atoms with Crippen LogP contribution in [-0.2, 0) is 9.59 Å². The third-order valence-electron chi connectivity index (χ3n) is 10.6. The minimum atomic E-state index is -0.716. The number of hydroxylamine groups is 6. The Morgan fingerprint density at radius 3 is 1.23 bits per heavy atom. The highest BCUT2D eigenvalue weighted by Gasteiger charge is 2.41. The van der Waals surface area contributed by atoms with Crippen LogP contribution in [0, 0.1) is 10.4 Å². The average Bonchev–Trinajstić information content (AvgIpc) is 3.00. The van der Waals surface area contributed by atoms with E-state index in [4.69, 9.17) is 0 Å². The van der Waals surface area contributed by atoms with E-state index in [-0.39, 0.29) is 48.6 Å². The SMILES string of the molecule is CC(C)c1cccc(C(C)C)c1NC(=O)[C@@H]1CCCC[N+]1([O-])CCC[N+]1([O-])CCCC[C@H]1C(=O)Nc1c(C(C)C)cccc1C(C)C. The van der Waals surface area contributed by atoms with E-state index in [1.807, 2.05) is 12.1 Å². The van der Waals surface area contributed by atoms with Gasteiger partial charge in [-0.15, -0.1) is 0 Å². The number of carbonyl (C=O) groups is 2. The Morgan fingerprint density at radius 1 is 0.617 bits per heavy atom. The molecule has 8 heteroatoms. The van der Waals surface area contributed by atoms with Crippen molar-refractivity contribution in [3.63, 3.8) is 0 Å². The van der Waals surface area contributed by atoms with Gasteiger partial charge in [-0.2, -0.15) is 0 Å². The Hall–Kier alpha value is -2.78. The van der Waals surface area contributed by atoms with Gasteiger partial charge in [0.1, 0.15) is 0 Å². The highest BCUT2D eigenvalue weighted by molar-refractivity contribution is 5.96. The summed E-state index contributed by atoms with van der Waals surface area (Å²) in [4.78, 5) is 27.8. The number of hydrogen-bond acceptors (Lipinski definition) is 4. The minimum absolute atomic E-state index is 0.200. The van der Waals surface area contributed by atoms with Crippen molar-refractivity contribution in [2.75, 3.05) is 36.8 Å².